The van der Waals surface area contributed by atoms with Gasteiger partial charge in [-0.05, 0) is 61.2 Å². The van der Waals surface area contributed by atoms with E-state index in [1.807, 2.05) is 13.8 Å². The Hall–Kier alpha value is -3.48. The lowest BCUT2D eigenvalue weighted by molar-refractivity contribution is -0.139. The third-order valence-electron chi connectivity index (χ3n) is 5.97. The summed E-state index contributed by atoms with van der Waals surface area (Å²) in [5.41, 5.74) is 1.77. The largest absolute Gasteiger partial charge is 0.507 e. The smallest absolute Gasteiger partial charge is 0.295 e. The topological polar surface area (TPSA) is 96.3 Å². The highest BCUT2D eigenvalue weighted by molar-refractivity contribution is 6.46. The van der Waals surface area contributed by atoms with Gasteiger partial charge in [0.2, 0.25) is 0 Å². The minimum absolute atomic E-state index is 0.00712. The van der Waals surface area contributed by atoms with Gasteiger partial charge in [-0.3, -0.25) is 9.59 Å². The molecule has 1 saturated heterocycles. The molecule has 7 nitrogen and oxygen atoms in total. The number of phenols is 1. The molecule has 1 heterocycles. The van der Waals surface area contributed by atoms with Crippen molar-refractivity contribution in [1.29, 1.82) is 0 Å². The molecule has 0 radical (unpaired) electrons. The molecule has 2 aromatic carbocycles. The molecule has 0 spiro atoms. The molecular formula is C27H33NO6. The Morgan fingerprint density at radius 3 is 2.38 bits per heavy atom. The number of rotatable bonds is 10. The number of Topliss-reactive ketones (excluding diaryl/α,β-unsaturated/α-hetero) is 1. The van der Waals surface area contributed by atoms with Crippen molar-refractivity contribution >= 4 is 17.4 Å². The summed E-state index contributed by atoms with van der Waals surface area (Å²) in [6, 6.07) is 9.12. The molecule has 0 aliphatic carbocycles. The van der Waals surface area contributed by atoms with E-state index < -0.39 is 17.7 Å². The number of carbonyl (C=O) groups is 2. The number of hydrogen-bond acceptors (Lipinski definition) is 6. The van der Waals surface area contributed by atoms with Crippen molar-refractivity contribution in [2.24, 2.45) is 0 Å². The molecule has 1 atom stereocenters. The first-order chi connectivity index (χ1) is 16.3. The number of carbonyl (C=O) groups excluding carboxylic acids is 2. The molecule has 1 aliphatic heterocycles. The van der Waals surface area contributed by atoms with E-state index in [1.165, 1.54) is 18.1 Å². The molecule has 0 bridgehead atoms. The Balaban J connectivity index is 2.10. The molecule has 0 saturated carbocycles. The van der Waals surface area contributed by atoms with E-state index in [1.54, 1.807) is 30.3 Å². The Kier molecular flexibility index (Phi) is 8.21. The van der Waals surface area contributed by atoms with Crippen LogP contribution in [0.5, 0.6) is 17.2 Å². The van der Waals surface area contributed by atoms with Crippen LogP contribution in [0.4, 0.5) is 0 Å². The van der Waals surface area contributed by atoms with Gasteiger partial charge < -0.3 is 24.6 Å². The van der Waals surface area contributed by atoms with Crippen molar-refractivity contribution in [1.82, 2.24) is 4.90 Å². The summed E-state index contributed by atoms with van der Waals surface area (Å²) in [4.78, 5) is 27.6. The van der Waals surface area contributed by atoms with Crippen LogP contribution in [-0.2, 0) is 9.59 Å². The van der Waals surface area contributed by atoms with Crippen LogP contribution in [0.25, 0.3) is 5.76 Å². The fourth-order valence-electron chi connectivity index (χ4n) is 4.19. The first kappa shape index (κ1) is 25.1. The van der Waals surface area contributed by atoms with E-state index in [0.717, 1.165) is 31.2 Å². The molecule has 7 heteroatoms. The zero-order valence-corrected chi connectivity index (χ0v) is 20.3. The summed E-state index contributed by atoms with van der Waals surface area (Å²) in [6.07, 6.45) is 3.47. The molecular weight excluding hydrogens is 434 g/mol. The number of ketones is 1. The number of nitrogens with zero attached hydrogens (tertiary/aromatic N) is 1. The van der Waals surface area contributed by atoms with Crippen LogP contribution < -0.4 is 9.47 Å². The summed E-state index contributed by atoms with van der Waals surface area (Å²) < 4.78 is 10.9. The van der Waals surface area contributed by atoms with E-state index in [2.05, 4.69) is 6.92 Å². The van der Waals surface area contributed by atoms with Crippen LogP contribution in [0.3, 0.4) is 0 Å². The molecule has 1 amide bonds. The van der Waals surface area contributed by atoms with Gasteiger partial charge in [-0.15, -0.1) is 0 Å². The number of likely N-dealkylation sites (tertiary alicyclic amines) is 1. The Morgan fingerprint density at radius 2 is 1.76 bits per heavy atom. The fraction of sp³-hybridized carbons (Fsp3) is 0.407. The van der Waals surface area contributed by atoms with Crippen molar-refractivity contribution in [3.05, 3.63) is 58.7 Å². The lowest BCUT2D eigenvalue weighted by Gasteiger charge is -2.25. The Labute approximate surface area is 200 Å². The summed E-state index contributed by atoms with van der Waals surface area (Å²) >= 11 is 0. The highest BCUT2D eigenvalue weighted by atomic mass is 16.5. The zero-order valence-electron chi connectivity index (χ0n) is 20.3. The molecule has 2 aromatic rings. The summed E-state index contributed by atoms with van der Waals surface area (Å²) in [6.45, 7) is 6.89. The lowest BCUT2D eigenvalue weighted by Crippen LogP contribution is -2.30. The van der Waals surface area contributed by atoms with Crippen molar-refractivity contribution in [2.45, 2.75) is 52.5 Å². The third-order valence-corrected chi connectivity index (χ3v) is 5.97. The van der Waals surface area contributed by atoms with Crippen molar-refractivity contribution in [3.8, 4) is 17.2 Å². The number of methoxy groups -OCH3 is 1. The van der Waals surface area contributed by atoms with Gasteiger partial charge in [-0.1, -0.05) is 32.8 Å². The van der Waals surface area contributed by atoms with Gasteiger partial charge in [0, 0.05) is 12.1 Å². The predicted molar refractivity (Wildman–Crippen MR) is 130 cm³/mol. The number of benzene rings is 2. The zero-order chi connectivity index (χ0) is 24.8. The normalized spacial score (nSPS) is 17.3. The highest BCUT2D eigenvalue weighted by Crippen LogP contribution is 2.42. The Morgan fingerprint density at radius 1 is 1.03 bits per heavy atom. The van der Waals surface area contributed by atoms with Crippen LogP contribution in [-0.4, -0.2) is 47.1 Å². The summed E-state index contributed by atoms with van der Waals surface area (Å²) in [5, 5.41) is 21.6. The number of aryl methyl sites for hydroxylation is 1. The average molecular weight is 468 g/mol. The van der Waals surface area contributed by atoms with Crippen LogP contribution in [0.2, 0.25) is 0 Å². The summed E-state index contributed by atoms with van der Waals surface area (Å²) in [5.74, 6) is -0.759. The van der Waals surface area contributed by atoms with Gasteiger partial charge in [0.25, 0.3) is 11.7 Å². The van der Waals surface area contributed by atoms with Crippen LogP contribution in [0.15, 0.2) is 42.0 Å². The number of amides is 1. The van der Waals surface area contributed by atoms with Crippen LogP contribution in [0, 0.1) is 6.92 Å². The quantitative estimate of drug-likeness (QED) is 0.218. The molecule has 1 aliphatic rings. The van der Waals surface area contributed by atoms with Gasteiger partial charge in [-0.2, -0.15) is 0 Å². The first-order valence-electron chi connectivity index (χ1n) is 11.7. The number of aliphatic hydroxyl groups is 1. The monoisotopic (exact) mass is 467 g/mol. The van der Waals surface area contributed by atoms with Gasteiger partial charge >= 0.3 is 0 Å². The molecule has 1 fully saturated rings. The van der Waals surface area contributed by atoms with Crippen LogP contribution >= 0.6 is 0 Å². The van der Waals surface area contributed by atoms with Crippen molar-refractivity contribution in [2.75, 3.05) is 20.3 Å². The van der Waals surface area contributed by atoms with Gasteiger partial charge in [-0.25, -0.2) is 0 Å². The number of phenolic OH excluding ortho intramolecular Hbond substituents is 1. The van der Waals surface area contributed by atoms with Gasteiger partial charge in [0.1, 0.15) is 11.5 Å². The lowest BCUT2D eigenvalue weighted by atomic mass is 9.94. The van der Waals surface area contributed by atoms with E-state index in [0.29, 0.717) is 30.0 Å². The molecule has 2 N–H and O–H groups in total. The molecule has 182 valence electrons. The highest BCUT2D eigenvalue weighted by Gasteiger charge is 2.46. The second-order valence-corrected chi connectivity index (χ2v) is 8.46. The summed E-state index contributed by atoms with van der Waals surface area (Å²) in [7, 11) is 1.45. The standard InChI is InChI=1S/C27H33NO6/c1-5-7-8-13-28-24(18-9-12-22(33-4)20(29)16-18)23(26(31)27(28)32)25(30)19-10-11-21(17(3)15-19)34-14-6-2/h9-12,15-16,24,29-30H,5-8,13-14H2,1-4H3/b25-23-. The predicted octanol–water partition coefficient (Wildman–Crippen LogP) is 5.11. The van der Waals surface area contributed by atoms with Crippen molar-refractivity contribution in [3.63, 3.8) is 0 Å². The maximum Gasteiger partial charge on any atom is 0.295 e. The SMILES string of the molecule is CCCCCN1C(=O)C(=O)/C(=C(\O)c2ccc(OCCC)c(C)c2)C1c1ccc(OC)c(O)c1. The van der Waals surface area contributed by atoms with Crippen molar-refractivity contribution < 1.29 is 29.3 Å². The fourth-order valence-corrected chi connectivity index (χ4v) is 4.19. The second-order valence-electron chi connectivity index (χ2n) is 8.46. The number of aliphatic hydroxyl groups excluding tert-OH is 1. The molecule has 3 rings (SSSR count). The second kappa shape index (κ2) is 11.1. The third kappa shape index (κ3) is 5.03. The number of unbranched alkanes of at least 4 members (excludes halogenated alkanes) is 2. The van der Waals surface area contributed by atoms with Gasteiger partial charge in [0.15, 0.2) is 11.5 Å². The molecule has 1 unspecified atom stereocenters. The molecule has 0 aromatic heterocycles. The number of aromatic hydroxyl groups is 1. The van der Waals surface area contributed by atoms with E-state index >= 15 is 0 Å². The van der Waals surface area contributed by atoms with E-state index in [-0.39, 0.29) is 22.8 Å². The van der Waals surface area contributed by atoms with Crippen LogP contribution in [0.1, 0.15) is 62.3 Å². The minimum Gasteiger partial charge on any atom is -0.507 e. The average Bonchev–Trinajstić information content (AvgIpc) is 3.08. The maximum absolute atomic E-state index is 13.1. The number of hydrogen-bond donors (Lipinski definition) is 2. The number of ether oxygens (including phenoxy) is 2. The van der Waals surface area contributed by atoms with E-state index in [4.69, 9.17) is 9.47 Å². The maximum atomic E-state index is 13.1. The first-order valence-corrected chi connectivity index (χ1v) is 11.7. The van der Waals surface area contributed by atoms with E-state index in [9.17, 15) is 19.8 Å². The minimum atomic E-state index is -0.815. The Bertz CT molecular complexity index is 1090. The molecule has 34 heavy (non-hydrogen) atoms. The van der Waals surface area contributed by atoms with Gasteiger partial charge in [0.05, 0.1) is 25.3 Å².